The lowest BCUT2D eigenvalue weighted by molar-refractivity contribution is -0.141. The Hall–Kier alpha value is -1.84. The Morgan fingerprint density at radius 1 is 1.32 bits per heavy atom. The van der Waals surface area contributed by atoms with Gasteiger partial charge in [-0.05, 0) is 31.9 Å². The fraction of sp³-hybridized carbons (Fsp3) is 0.467. The number of rotatable bonds is 5. The molecule has 1 aromatic carbocycles. The molecule has 0 radical (unpaired) electrons. The molecule has 1 aromatic rings. The van der Waals surface area contributed by atoms with Crippen LogP contribution in [0.1, 0.15) is 35.7 Å². The molecule has 1 fully saturated rings. The number of aryl methyl sites for hydroxylation is 1. The Morgan fingerprint density at radius 3 is 2.37 bits per heavy atom. The summed E-state index contributed by atoms with van der Waals surface area (Å²) in [6, 6.07) is 7.63. The van der Waals surface area contributed by atoms with Gasteiger partial charge in [-0.15, -0.1) is 0 Å². The zero-order valence-electron chi connectivity index (χ0n) is 11.3. The SMILES string of the molecule is Cc1ccc(C(=O)N(C[C@@H](C)C(=O)O)C2CC2)cc1. The van der Waals surface area contributed by atoms with E-state index in [-0.39, 0.29) is 18.5 Å². The molecule has 4 nitrogen and oxygen atoms in total. The first-order valence-electron chi connectivity index (χ1n) is 6.59. The molecule has 1 aliphatic carbocycles. The smallest absolute Gasteiger partial charge is 0.308 e. The zero-order chi connectivity index (χ0) is 14.0. The maximum atomic E-state index is 12.4. The maximum Gasteiger partial charge on any atom is 0.308 e. The summed E-state index contributed by atoms with van der Waals surface area (Å²) in [5, 5.41) is 8.98. The number of benzene rings is 1. The van der Waals surface area contributed by atoms with Gasteiger partial charge in [0.25, 0.3) is 5.91 Å². The van der Waals surface area contributed by atoms with Crippen molar-refractivity contribution in [3.8, 4) is 0 Å². The van der Waals surface area contributed by atoms with Crippen molar-refractivity contribution in [1.82, 2.24) is 4.90 Å². The molecule has 2 rings (SSSR count). The number of nitrogens with zero attached hydrogens (tertiary/aromatic N) is 1. The lowest BCUT2D eigenvalue weighted by Gasteiger charge is -2.24. The van der Waals surface area contributed by atoms with Crippen molar-refractivity contribution in [3.05, 3.63) is 35.4 Å². The van der Waals surface area contributed by atoms with Gasteiger partial charge in [0.15, 0.2) is 0 Å². The summed E-state index contributed by atoms with van der Waals surface area (Å²) >= 11 is 0. The summed E-state index contributed by atoms with van der Waals surface area (Å²) in [5.74, 6) is -1.45. The first kappa shape index (κ1) is 13.6. The molecular formula is C15H19NO3. The molecule has 19 heavy (non-hydrogen) atoms. The van der Waals surface area contributed by atoms with Crippen LogP contribution in [0.15, 0.2) is 24.3 Å². The summed E-state index contributed by atoms with van der Waals surface area (Å²) < 4.78 is 0. The number of carbonyl (C=O) groups excluding carboxylic acids is 1. The molecule has 4 heteroatoms. The van der Waals surface area contributed by atoms with Crippen molar-refractivity contribution in [2.24, 2.45) is 5.92 Å². The highest BCUT2D eigenvalue weighted by atomic mass is 16.4. The molecule has 1 saturated carbocycles. The van der Waals surface area contributed by atoms with Crippen LogP contribution in [0.4, 0.5) is 0 Å². The molecule has 0 heterocycles. The van der Waals surface area contributed by atoms with Crippen LogP contribution in [0.2, 0.25) is 0 Å². The van der Waals surface area contributed by atoms with E-state index in [2.05, 4.69) is 0 Å². The number of carbonyl (C=O) groups is 2. The minimum Gasteiger partial charge on any atom is -0.481 e. The summed E-state index contributed by atoms with van der Waals surface area (Å²) in [6.07, 6.45) is 1.95. The average Bonchev–Trinajstić information content (AvgIpc) is 3.19. The highest BCUT2D eigenvalue weighted by Gasteiger charge is 2.34. The van der Waals surface area contributed by atoms with Gasteiger partial charge in [0.1, 0.15) is 0 Å². The minimum absolute atomic E-state index is 0.0596. The van der Waals surface area contributed by atoms with E-state index in [1.165, 1.54) is 0 Å². The minimum atomic E-state index is -0.859. The Kier molecular flexibility index (Phi) is 3.88. The van der Waals surface area contributed by atoms with E-state index in [1.807, 2.05) is 19.1 Å². The van der Waals surface area contributed by atoms with E-state index in [9.17, 15) is 9.59 Å². The van der Waals surface area contributed by atoms with Gasteiger partial charge in [0.05, 0.1) is 5.92 Å². The van der Waals surface area contributed by atoms with Crippen LogP contribution in [-0.2, 0) is 4.79 Å². The number of amides is 1. The van der Waals surface area contributed by atoms with Crippen molar-refractivity contribution in [2.75, 3.05) is 6.54 Å². The quantitative estimate of drug-likeness (QED) is 0.885. The number of aliphatic carboxylic acids is 1. The molecule has 0 aliphatic heterocycles. The monoisotopic (exact) mass is 261 g/mol. The van der Waals surface area contributed by atoms with Crippen LogP contribution >= 0.6 is 0 Å². The Morgan fingerprint density at radius 2 is 1.89 bits per heavy atom. The Balaban J connectivity index is 2.12. The Labute approximate surface area is 113 Å². The molecule has 0 spiro atoms. The van der Waals surface area contributed by atoms with Gasteiger partial charge in [0, 0.05) is 18.2 Å². The second-order valence-electron chi connectivity index (χ2n) is 5.29. The summed E-state index contributed by atoms with van der Waals surface area (Å²) in [6.45, 7) is 3.90. The summed E-state index contributed by atoms with van der Waals surface area (Å²) in [7, 11) is 0. The molecule has 0 bridgehead atoms. The van der Waals surface area contributed by atoms with Gasteiger partial charge < -0.3 is 10.0 Å². The molecule has 1 amide bonds. The topological polar surface area (TPSA) is 57.6 Å². The summed E-state index contributed by atoms with van der Waals surface area (Å²) in [4.78, 5) is 25.1. The Bertz CT molecular complexity index is 477. The number of hydrogen-bond donors (Lipinski definition) is 1. The zero-order valence-corrected chi connectivity index (χ0v) is 11.3. The fourth-order valence-electron chi connectivity index (χ4n) is 2.02. The number of carboxylic acid groups (broad SMARTS) is 1. The van der Waals surface area contributed by atoms with Crippen LogP contribution in [-0.4, -0.2) is 34.5 Å². The molecular weight excluding hydrogens is 242 g/mol. The van der Waals surface area contributed by atoms with E-state index in [1.54, 1.807) is 24.0 Å². The highest BCUT2D eigenvalue weighted by molar-refractivity contribution is 5.94. The normalized spacial score (nSPS) is 15.9. The first-order valence-corrected chi connectivity index (χ1v) is 6.59. The van der Waals surface area contributed by atoms with Gasteiger partial charge >= 0.3 is 5.97 Å². The maximum absolute atomic E-state index is 12.4. The third-order valence-electron chi connectivity index (χ3n) is 3.44. The molecule has 1 N–H and O–H groups in total. The van der Waals surface area contributed by atoms with Crippen LogP contribution in [0, 0.1) is 12.8 Å². The van der Waals surface area contributed by atoms with E-state index < -0.39 is 11.9 Å². The van der Waals surface area contributed by atoms with Gasteiger partial charge in [-0.2, -0.15) is 0 Å². The van der Waals surface area contributed by atoms with Crippen molar-refractivity contribution in [3.63, 3.8) is 0 Å². The third kappa shape index (κ3) is 3.34. The molecule has 0 unspecified atom stereocenters. The van der Waals surface area contributed by atoms with Gasteiger partial charge in [0.2, 0.25) is 0 Å². The molecule has 1 atom stereocenters. The van der Waals surface area contributed by atoms with E-state index in [0.29, 0.717) is 5.56 Å². The largest absolute Gasteiger partial charge is 0.481 e. The van der Waals surface area contributed by atoms with E-state index in [0.717, 1.165) is 18.4 Å². The molecule has 102 valence electrons. The lowest BCUT2D eigenvalue weighted by Crippen LogP contribution is -2.38. The molecule has 1 aliphatic rings. The fourth-order valence-corrected chi connectivity index (χ4v) is 2.02. The predicted molar refractivity (Wildman–Crippen MR) is 72.0 cm³/mol. The number of hydrogen-bond acceptors (Lipinski definition) is 2. The second kappa shape index (κ2) is 5.43. The first-order chi connectivity index (χ1) is 8.99. The van der Waals surface area contributed by atoms with Crippen LogP contribution in [0.5, 0.6) is 0 Å². The second-order valence-corrected chi connectivity index (χ2v) is 5.29. The van der Waals surface area contributed by atoms with Gasteiger partial charge in [-0.25, -0.2) is 0 Å². The van der Waals surface area contributed by atoms with Crippen LogP contribution < -0.4 is 0 Å². The van der Waals surface area contributed by atoms with Gasteiger partial charge in [-0.1, -0.05) is 24.6 Å². The predicted octanol–water partition coefficient (Wildman–Crippen LogP) is 2.32. The summed E-state index contributed by atoms with van der Waals surface area (Å²) in [5.41, 5.74) is 1.74. The molecule has 0 saturated heterocycles. The van der Waals surface area contributed by atoms with Crippen molar-refractivity contribution in [2.45, 2.75) is 32.7 Å². The number of carboxylic acids is 1. The van der Waals surface area contributed by atoms with Crippen LogP contribution in [0.3, 0.4) is 0 Å². The van der Waals surface area contributed by atoms with Crippen molar-refractivity contribution < 1.29 is 14.7 Å². The van der Waals surface area contributed by atoms with Gasteiger partial charge in [-0.3, -0.25) is 9.59 Å². The third-order valence-corrected chi connectivity index (χ3v) is 3.44. The van der Waals surface area contributed by atoms with E-state index >= 15 is 0 Å². The molecule has 0 aromatic heterocycles. The van der Waals surface area contributed by atoms with Crippen molar-refractivity contribution >= 4 is 11.9 Å². The van der Waals surface area contributed by atoms with E-state index in [4.69, 9.17) is 5.11 Å². The van der Waals surface area contributed by atoms with Crippen LogP contribution in [0.25, 0.3) is 0 Å². The lowest BCUT2D eigenvalue weighted by atomic mass is 10.1. The highest BCUT2D eigenvalue weighted by Crippen LogP contribution is 2.29. The average molecular weight is 261 g/mol. The van der Waals surface area contributed by atoms with Crippen molar-refractivity contribution in [1.29, 1.82) is 0 Å². The standard InChI is InChI=1S/C15H19NO3/c1-10-3-5-12(6-4-10)14(17)16(13-7-8-13)9-11(2)15(18)19/h3-6,11,13H,7-9H2,1-2H3,(H,18,19)/t11-/m1/s1.